The number of benzene rings is 1. The molecule has 0 radical (unpaired) electrons. The summed E-state index contributed by atoms with van der Waals surface area (Å²) in [6, 6.07) is 7.12. The summed E-state index contributed by atoms with van der Waals surface area (Å²) in [5.74, 6) is 5.14. The molecule has 5 heteroatoms. The molecule has 80 valence electrons. The summed E-state index contributed by atoms with van der Waals surface area (Å²) in [7, 11) is 1.30. The van der Waals surface area contributed by atoms with Gasteiger partial charge in [0.25, 0.3) is 0 Å². The highest BCUT2D eigenvalue weighted by molar-refractivity contribution is 5.83. The van der Waals surface area contributed by atoms with Gasteiger partial charge in [0.2, 0.25) is 0 Å². The number of methoxy groups -OCH3 is 1. The average Bonchev–Trinajstić information content (AvgIpc) is 2.28. The summed E-state index contributed by atoms with van der Waals surface area (Å²) < 4.78 is 9.67. The van der Waals surface area contributed by atoms with Crippen LogP contribution < -0.4 is 10.6 Å². The van der Waals surface area contributed by atoms with Crippen LogP contribution in [0, 0.1) is 0 Å². The van der Waals surface area contributed by atoms with Gasteiger partial charge < -0.3 is 15.3 Å². The van der Waals surface area contributed by atoms with Crippen molar-refractivity contribution in [2.45, 2.75) is 0 Å². The summed E-state index contributed by atoms with van der Waals surface area (Å²) in [4.78, 5) is 10.8. The Balaban J connectivity index is 2.71. The lowest BCUT2D eigenvalue weighted by atomic mass is 10.2. The normalized spacial score (nSPS) is 10.2. The molecule has 5 nitrogen and oxygen atoms in total. The summed E-state index contributed by atoms with van der Waals surface area (Å²) in [5.41, 5.74) is 0.712. The maximum Gasteiger partial charge on any atom is 0.343 e. The van der Waals surface area contributed by atoms with Gasteiger partial charge in [-0.25, -0.2) is 4.79 Å². The van der Waals surface area contributed by atoms with Gasteiger partial charge in [-0.15, -0.1) is 0 Å². The first kappa shape index (κ1) is 11.0. The largest absolute Gasteiger partial charge is 0.481 e. The number of hydrogen-bond acceptors (Lipinski definition) is 5. The molecule has 0 saturated heterocycles. The number of carbonyl (C=O) groups excluding carboxylic acids is 1. The Morgan fingerprint density at radius 3 is 2.93 bits per heavy atom. The quantitative estimate of drug-likeness (QED) is 0.339. The van der Waals surface area contributed by atoms with E-state index < -0.39 is 5.97 Å². The molecule has 0 atom stereocenters. The average molecular weight is 208 g/mol. The number of nitrogens with zero attached hydrogens (tertiary/aromatic N) is 1. The van der Waals surface area contributed by atoms with Crippen LogP contribution in [0.2, 0.25) is 0 Å². The molecule has 0 saturated carbocycles. The fourth-order valence-corrected chi connectivity index (χ4v) is 0.995. The van der Waals surface area contributed by atoms with Gasteiger partial charge in [0.15, 0.2) is 6.61 Å². The Morgan fingerprint density at radius 2 is 2.27 bits per heavy atom. The van der Waals surface area contributed by atoms with Crippen molar-refractivity contribution in [3.63, 3.8) is 0 Å². The van der Waals surface area contributed by atoms with E-state index in [9.17, 15) is 4.79 Å². The van der Waals surface area contributed by atoms with Crippen molar-refractivity contribution in [2.24, 2.45) is 10.9 Å². The second-order valence-corrected chi connectivity index (χ2v) is 2.68. The smallest absolute Gasteiger partial charge is 0.343 e. The lowest BCUT2D eigenvalue weighted by Gasteiger charge is -2.06. The number of hydrazone groups is 1. The monoisotopic (exact) mass is 208 g/mol. The zero-order chi connectivity index (χ0) is 11.1. The number of esters is 1. The minimum absolute atomic E-state index is 0.133. The summed E-state index contributed by atoms with van der Waals surface area (Å²) in [6.45, 7) is -0.133. The summed E-state index contributed by atoms with van der Waals surface area (Å²) >= 11 is 0. The van der Waals surface area contributed by atoms with Crippen molar-refractivity contribution >= 4 is 12.2 Å². The molecule has 15 heavy (non-hydrogen) atoms. The van der Waals surface area contributed by atoms with E-state index in [1.54, 1.807) is 18.2 Å². The molecule has 1 rings (SSSR count). The highest BCUT2D eigenvalue weighted by Gasteiger charge is 2.04. The van der Waals surface area contributed by atoms with Crippen molar-refractivity contribution in [3.05, 3.63) is 29.8 Å². The lowest BCUT2D eigenvalue weighted by molar-refractivity contribution is -0.142. The van der Waals surface area contributed by atoms with Crippen LogP contribution in [0.1, 0.15) is 5.56 Å². The number of nitrogens with two attached hydrogens (primary N) is 1. The molecule has 0 aliphatic heterocycles. The first-order valence-corrected chi connectivity index (χ1v) is 4.30. The van der Waals surface area contributed by atoms with E-state index in [1.807, 2.05) is 6.07 Å². The Hall–Kier alpha value is -2.04. The minimum Gasteiger partial charge on any atom is -0.481 e. The molecule has 0 aromatic heterocycles. The highest BCUT2D eigenvalue weighted by atomic mass is 16.6. The molecule has 0 aliphatic carbocycles. The van der Waals surface area contributed by atoms with Gasteiger partial charge in [0.05, 0.1) is 13.3 Å². The van der Waals surface area contributed by atoms with Crippen molar-refractivity contribution in [2.75, 3.05) is 13.7 Å². The van der Waals surface area contributed by atoms with E-state index in [1.165, 1.54) is 13.3 Å². The molecular formula is C10H12N2O3. The maximum atomic E-state index is 10.8. The zero-order valence-corrected chi connectivity index (χ0v) is 8.34. The fraction of sp³-hybridized carbons (Fsp3) is 0.200. The SMILES string of the molecule is COC(=O)COc1ccccc1C=NN. The molecule has 0 fully saturated rings. The maximum absolute atomic E-state index is 10.8. The molecule has 0 unspecified atom stereocenters. The predicted octanol–water partition coefficient (Wildman–Crippen LogP) is 0.531. The minimum atomic E-state index is -0.436. The van der Waals surface area contributed by atoms with Crippen molar-refractivity contribution in [1.82, 2.24) is 0 Å². The zero-order valence-electron chi connectivity index (χ0n) is 8.34. The third kappa shape index (κ3) is 3.30. The number of carbonyl (C=O) groups is 1. The standard InChI is InChI=1S/C10H12N2O3/c1-14-10(13)7-15-9-5-3-2-4-8(9)6-12-11/h2-6H,7,11H2,1H3. The van der Waals surface area contributed by atoms with Crippen molar-refractivity contribution in [1.29, 1.82) is 0 Å². The third-order valence-electron chi connectivity index (χ3n) is 1.71. The Labute approximate surface area is 87.5 Å². The number of para-hydroxylation sites is 1. The van der Waals surface area contributed by atoms with Crippen molar-refractivity contribution < 1.29 is 14.3 Å². The van der Waals surface area contributed by atoms with Crippen LogP contribution in [-0.4, -0.2) is 25.9 Å². The molecule has 0 amide bonds. The van der Waals surface area contributed by atoms with Crippen LogP contribution in [0.3, 0.4) is 0 Å². The van der Waals surface area contributed by atoms with Crippen LogP contribution >= 0.6 is 0 Å². The molecule has 0 spiro atoms. The Morgan fingerprint density at radius 1 is 1.53 bits per heavy atom. The number of hydrogen-bond donors (Lipinski definition) is 1. The molecular weight excluding hydrogens is 196 g/mol. The molecule has 0 heterocycles. The Bertz CT molecular complexity index is 363. The van der Waals surface area contributed by atoms with Gasteiger partial charge in [0, 0.05) is 5.56 Å². The molecule has 1 aromatic rings. The van der Waals surface area contributed by atoms with Crippen LogP contribution in [0.4, 0.5) is 0 Å². The second-order valence-electron chi connectivity index (χ2n) is 2.68. The second kappa shape index (κ2) is 5.64. The van der Waals surface area contributed by atoms with E-state index in [-0.39, 0.29) is 6.61 Å². The fourth-order valence-electron chi connectivity index (χ4n) is 0.995. The van der Waals surface area contributed by atoms with Gasteiger partial charge in [0.1, 0.15) is 5.75 Å². The molecule has 1 aromatic carbocycles. The summed E-state index contributed by atoms with van der Waals surface area (Å²) in [6.07, 6.45) is 1.45. The lowest BCUT2D eigenvalue weighted by Crippen LogP contribution is -2.13. The van der Waals surface area contributed by atoms with Crippen molar-refractivity contribution in [3.8, 4) is 5.75 Å². The number of ether oxygens (including phenoxy) is 2. The topological polar surface area (TPSA) is 73.9 Å². The molecule has 0 bridgehead atoms. The van der Waals surface area contributed by atoms with E-state index >= 15 is 0 Å². The molecule has 2 N–H and O–H groups in total. The van der Waals surface area contributed by atoms with E-state index in [0.717, 1.165) is 0 Å². The third-order valence-corrected chi connectivity index (χ3v) is 1.71. The first-order valence-electron chi connectivity index (χ1n) is 4.30. The summed E-state index contributed by atoms with van der Waals surface area (Å²) in [5, 5.41) is 3.39. The number of rotatable bonds is 4. The van der Waals surface area contributed by atoms with Crippen LogP contribution in [0.15, 0.2) is 29.4 Å². The Kier molecular flexibility index (Phi) is 4.15. The van der Waals surface area contributed by atoms with Crippen LogP contribution in [0.5, 0.6) is 5.75 Å². The van der Waals surface area contributed by atoms with Gasteiger partial charge in [-0.2, -0.15) is 5.10 Å². The first-order chi connectivity index (χ1) is 7.27. The predicted molar refractivity (Wildman–Crippen MR) is 55.7 cm³/mol. The highest BCUT2D eigenvalue weighted by Crippen LogP contribution is 2.15. The van der Waals surface area contributed by atoms with Gasteiger partial charge >= 0.3 is 5.97 Å². The van der Waals surface area contributed by atoms with E-state index in [2.05, 4.69) is 9.84 Å². The van der Waals surface area contributed by atoms with E-state index in [0.29, 0.717) is 11.3 Å². The molecule has 0 aliphatic rings. The van der Waals surface area contributed by atoms with Gasteiger partial charge in [-0.1, -0.05) is 12.1 Å². The van der Waals surface area contributed by atoms with Crippen LogP contribution in [-0.2, 0) is 9.53 Å². The van der Waals surface area contributed by atoms with Gasteiger partial charge in [-0.05, 0) is 12.1 Å². The van der Waals surface area contributed by atoms with E-state index in [4.69, 9.17) is 10.6 Å². The van der Waals surface area contributed by atoms with Crippen LogP contribution in [0.25, 0.3) is 0 Å². The van der Waals surface area contributed by atoms with Gasteiger partial charge in [-0.3, -0.25) is 0 Å².